The number of carbonyl (C=O) groups excluding carboxylic acids is 1. The first-order chi connectivity index (χ1) is 8.84. The lowest BCUT2D eigenvalue weighted by molar-refractivity contribution is 0.0545. The molecule has 1 aliphatic heterocycles. The summed E-state index contributed by atoms with van der Waals surface area (Å²) in [6, 6.07) is 6.34. The number of benzene rings is 1. The van der Waals surface area contributed by atoms with Gasteiger partial charge in [-0.15, -0.1) is 0 Å². The quantitative estimate of drug-likeness (QED) is 0.747. The predicted octanol–water partition coefficient (Wildman–Crippen LogP) is 3.17. The lowest BCUT2D eigenvalue weighted by Gasteiger charge is -2.22. The van der Waals surface area contributed by atoms with Crippen LogP contribution in [0.15, 0.2) is 18.2 Å². The Morgan fingerprint density at radius 2 is 1.78 bits per heavy atom. The summed E-state index contributed by atoms with van der Waals surface area (Å²) in [5, 5.41) is 0. The maximum atomic E-state index is 12.4. The monoisotopic (exact) mass is 244 g/mol. The molecular weight excluding hydrogens is 224 g/mol. The smallest absolute Gasteiger partial charge is 0.166 e. The average molecular weight is 244 g/mol. The average Bonchev–Trinajstić information content (AvgIpc) is 2.47. The van der Waals surface area contributed by atoms with Gasteiger partial charge in [0.25, 0.3) is 0 Å². The van der Waals surface area contributed by atoms with Gasteiger partial charge in [0.1, 0.15) is 0 Å². The van der Waals surface area contributed by atoms with E-state index in [1.54, 1.807) is 0 Å². The van der Waals surface area contributed by atoms with Crippen LogP contribution in [0.2, 0.25) is 0 Å². The van der Waals surface area contributed by atoms with Crippen molar-refractivity contribution in [2.45, 2.75) is 38.5 Å². The topological polar surface area (TPSA) is 26.3 Å². The first kappa shape index (κ1) is 11.9. The van der Waals surface area contributed by atoms with E-state index >= 15 is 0 Å². The second-order valence-electron chi connectivity index (χ2n) is 5.44. The minimum absolute atomic E-state index is 0.181. The van der Waals surface area contributed by atoms with Crippen molar-refractivity contribution in [2.75, 3.05) is 13.2 Å². The molecule has 0 unspecified atom stereocenters. The van der Waals surface area contributed by atoms with Gasteiger partial charge in [0.2, 0.25) is 0 Å². The van der Waals surface area contributed by atoms with E-state index in [1.165, 1.54) is 30.4 Å². The van der Waals surface area contributed by atoms with Gasteiger partial charge in [-0.1, -0.05) is 12.1 Å². The summed E-state index contributed by atoms with van der Waals surface area (Å²) in [5.74, 6) is 0.507. The number of ketones is 1. The maximum absolute atomic E-state index is 12.4. The molecule has 2 nitrogen and oxygen atoms in total. The van der Waals surface area contributed by atoms with Crippen LogP contribution in [0.25, 0.3) is 0 Å². The van der Waals surface area contributed by atoms with Gasteiger partial charge in [0.15, 0.2) is 5.78 Å². The minimum Gasteiger partial charge on any atom is -0.381 e. The molecular formula is C16H20O2. The molecule has 1 aromatic carbocycles. The van der Waals surface area contributed by atoms with Gasteiger partial charge in [-0.3, -0.25) is 4.79 Å². The van der Waals surface area contributed by atoms with E-state index in [0.29, 0.717) is 5.78 Å². The summed E-state index contributed by atoms with van der Waals surface area (Å²) >= 11 is 0. The zero-order valence-corrected chi connectivity index (χ0v) is 10.8. The Morgan fingerprint density at radius 1 is 1.06 bits per heavy atom. The summed E-state index contributed by atoms with van der Waals surface area (Å²) in [7, 11) is 0. The molecule has 0 saturated carbocycles. The van der Waals surface area contributed by atoms with E-state index in [0.717, 1.165) is 38.0 Å². The molecule has 0 radical (unpaired) electrons. The van der Waals surface area contributed by atoms with Crippen molar-refractivity contribution in [3.63, 3.8) is 0 Å². The Kier molecular flexibility index (Phi) is 3.46. The molecule has 1 aliphatic carbocycles. The normalized spacial score (nSPS) is 20.4. The number of rotatable bonds is 2. The van der Waals surface area contributed by atoms with E-state index in [1.807, 2.05) is 6.07 Å². The van der Waals surface area contributed by atoms with Gasteiger partial charge < -0.3 is 4.74 Å². The number of carbonyl (C=O) groups is 1. The Labute approximate surface area is 108 Å². The molecule has 2 aliphatic rings. The fourth-order valence-corrected chi connectivity index (χ4v) is 3.08. The molecule has 1 saturated heterocycles. The van der Waals surface area contributed by atoms with Crippen molar-refractivity contribution in [3.05, 3.63) is 34.9 Å². The second kappa shape index (κ2) is 5.23. The number of hydrogen-bond donors (Lipinski definition) is 0. The molecule has 18 heavy (non-hydrogen) atoms. The van der Waals surface area contributed by atoms with Gasteiger partial charge in [0.05, 0.1) is 0 Å². The number of Topliss-reactive ketones (excluding diaryl/α,β-unsaturated/α-hetero) is 1. The SMILES string of the molecule is O=C(c1ccc2c(c1)CCCC2)C1CCOCC1. The van der Waals surface area contributed by atoms with E-state index in [-0.39, 0.29) is 5.92 Å². The van der Waals surface area contributed by atoms with Crippen LogP contribution in [0.5, 0.6) is 0 Å². The van der Waals surface area contributed by atoms with Crippen molar-refractivity contribution in [2.24, 2.45) is 5.92 Å². The van der Waals surface area contributed by atoms with Crippen LogP contribution in [-0.2, 0) is 17.6 Å². The summed E-state index contributed by atoms with van der Waals surface area (Å²) in [5.41, 5.74) is 3.77. The molecule has 96 valence electrons. The molecule has 0 aromatic heterocycles. The van der Waals surface area contributed by atoms with Crippen molar-refractivity contribution < 1.29 is 9.53 Å². The van der Waals surface area contributed by atoms with Gasteiger partial charge >= 0.3 is 0 Å². The van der Waals surface area contributed by atoms with E-state index in [2.05, 4.69) is 12.1 Å². The molecule has 0 atom stereocenters. The molecule has 1 fully saturated rings. The maximum Gasteiger partial charge on any atom is 0.166 e. The highest BCUT2D eigenvalue weighted by Gasteiger charge is 2.23. The fourth-order valence-electron chi connectivity index (χ4n) is 3.08. The van der Waals surface area contributed by atoms with Crippen molar-refractivity contribution in [1.29, 1.82) is 0 Å². The third-order valence-electron chi connectivity index (χ3n) is 4.23. The largest absolute Gasteiger partial charge is 0.381 e. The van der Waals surface area contributed by atoms with Crippen molar-refractivity contribution in [1.82, 2.24) is 0 Å². The molecule has 1 heterocycles. The van der Waals surface area contributed by atoms with Crippen LogP contribution in [0.3, 0.4) is 0 Å². The first-order valence-electron chi connectivity index (χ1n) is 7.08. The molecule has 0 bridgehead atoms. The Morgan fingerprint density at radius 3 is 2.56 bits per heavy atom. The van der Waals surface area contributed by atoms with Crippen LogP contribution in [0, 0.1) is 5.92 Å². The zero-order valence-electron chi connectivity index (χ0n) is 10.8. The van der Waals surface area contributed by atoms with Crippen LogP contribution >= 0.6 is 0 Å². The van der Waals surface area contributed by atoms with E-state index < -0.39 is 0 Å². The Balaban J connectivity index is 1.80. The van der Waals surface area contributed by atoms with Crippen LogP contribution in [0.1, 0.15) is 47.2 Å². The van der Waals surface area contributed by atoms with Crippen molar-refractivity contribution >= 4 is 5.78 Å². The van der Waals surface area contributed by atoms with Gasteiger partial charge in [-0.05, 0) is 55.7 Å². The van der Waals surface area contributed by atoms with Crippen LogP contribution in [0.4, 0.5) is 0 Å². The Hall–Kier alpha value is -1.15. The van der Waals surface area contributed by atoms with E-state index in [9.17, 15) is 4.79 Å². The molecule has 0 amide bonds. The van der Waals surface area contributed by atoms with E-state index in [4.69, 9.17) is 4.74 Å². The van der Waals surface area contributed by atoms with Gasteiger partial charge in [-0.25, -0.2) is 0 Å². The number of ether oxygens (including phenoxy) is 1. The standard InChI is InChI=1S/C16H20O2/c17-16(13-7-9-18-10-8-13)15-6-5-12-3-1-2-4-14(12)11-15/h5-6,11,13H,1-4,7-10H2. The first-order valence-corrected chi connectivity index (χ1v) is 7.08. The summed E-state index contributed by atoms with van der Waals surface area (Å²) in [6.45, 7) is 1.47. The third-order valence-corrected chi connectivity index (χ3v) is 4.23. The Bertz CT molecular complexity index is 444. The summed E-state index contributed by atoms with van der Waals surface area (Å²) < 4.78 is 5.32. The van der Waals surface area contributed by atoms with Crippen LogP contribution in [-0.4, -0.2) is 19.0 Å². The van der Waals surface area contributed by atoms with Crippen molar-refractivity contribution in [3.8, 4) is 0 Å². The highest BCUT2D eigenvalue weighted by atomic mass is 16.5. The lowest BCUT2D eigenvalue weighted by Crippen LogP contribution is -2.23. The third kappa shape index (κ3) is 2.35. The molecule has 3 rings (SSSR count). The summed E-state index contributed by atoms with van der Waals surface area (Å²) in [4.78, 5) is 12.4. The number of hydrogen-bond acceptors (Lipinski definition) is 2. The summed E-state index contributed by atoms with van der Waals surface area (Å²) in [6.07, 6.45) is 6.65. The van der Waals surface area contributed by atoms with Crippen LogP contribution < -0.4 is 0 Å². The number of fused-ring (bicyclic) bond motifs is 1. The second-order valence-corrected chi connectivity index (χ2v) is 5.44. The molecule has 2 heteroatoms. The van der Waals surface area contributed by atoms with Gasteiger partial charge in [0, 0.05) is 24.7 Å². The zero-order chi connectivity index (χ0) is 12.4. The molecule has 1 aromatic rings. The molecule has 0 spiro atoms. The molecule has 0 N–H and O–H groups in total. The minimum atomic E-state index is 0.181. The highest BCUT2D eigenvalue weighted by Crippen LogP contribution is 2.25. The fraction of sp³-hybridized carbons (Fsp3) is 0.562. The highest BCUT2D eigenvalue weighted by molar-refractivity contribution is 5.98. The predicted molar refractivity (Wildman–Crippen MR) is 71.0 cm³/mol. The van der Waals surface area contributed by atoms with Gasteiger partial charge in [-0.2, -0.15) is 0 Å². The lowest BCUT2D eigenvalue weighted by atomic mass is 9.86. The number of aryl methyl sites for hydroxylation is 2.